The number of fused-ring (bicyclic) bond motifs is 1. The van der Waals surface area contributed by atoms with Gasteiger partial charge in [0.1, 0.15) is 5.82 Å². The van der Waals surface area contributed by atoms with Crippen molar-refractivity contribution in [1.29, 1.82) is 0 Å². The second-order valence-electron chi connectivity index (χ2n) is 3.06. The number of carboxylic acid groups (broad SMARTS) is 1. The van der Waals surface area contributed by atoms with Crippen molar-refractivity contribution < 1.29 is 9.90 Å². The first-order valence-electron chi connectivity index (χ1n) is 4.40. The van der Waals surface area contributed by atoms with E-state index in [2.05, 4.69) is 4.98 Å². The van der Waals surface area contributed by atoms with Gasteiger partial charge >= 0.3 is 5.97 Å². The van der Waals surface area contributed by atoms with Gasteiger partial charge in [-0.05, 0) is 12.1 Å². The minimum Gasteiger partial charge on any atom is -0.481 e. The fourth-order valence-electron chi connectivity index (χ4n) is 1.40. The number of hydrogen-bond acceptors (Lipinski definition) is 2. The number of rotatable bonds is 3. The molecule has 2 rings (SSSR count). The van der Waals surface area contributed by atoms with E-state index in [-0.39, 0.29) is 6.42 Å². The summed E-state index contributed by atoms with van der Waals surface area (Å²) in [6.07, 6.45) is 4.22. The van der Waals surface area contributed by atoms with Crippen LogP contribution in [0.1, 0.15) is 12.2 Å². The second-order valence-corrected chi connectivity index (χ2v) is 3.06. The molecule has 72 valence electrons. The molecule has 0 atom stereocenters. The Morgan fingerprint density at radius 3 is 3.14 bits per heavy atom. The van der Waals surface area contributed by atoms with Gasteiger partial charge in [0.05, 0.1) is 18.1 Å². The smallest absolute Gasteiger partial charge is 0.303 e. The summed E-state index contributed by atoms with van der Waals surface area (Å²) >= 11 is 0. The fourth-order valence-corrected chi connectivity index (χ4v) is 1.40. The molecule has 2 aromatic rings. The molecule has 14 heavy (non-hydrogen) atoms. The zero-order chi connectivity index (χ0) is 9.97. The molecule has 0 saturated carbocycles. The summed E-state index contributed by atoms with van der Waals surface area (Å²) < 4.78 is 1.91. The Labute approximate surface area is 80.8 Å². The van der Waals surface area contributed by atoms with E-state index in [1.54, 1.807) is 6.20 Å². The highest BCUT2D eigenvalue weighted by molar-refractivity contribution is 5.67. The molecule has 0 amide bonds. The number of imidazole rings is 1. The second kappa shape index (κ2) is 3.49. The highest BCUT2D eigenvalue weighted by atomic mass is 16.4. The van der Waals surface area contributed by atoms with E-state index in [0.29, 0.717) is 6.42 Å². The van der Waals surface area contributed by atoms with Crippen LogP contribution in [0.3, 0.4) is 0 Å². The lowest BCUT2D eigenvalue weighted by Crippen LogP contribution is -2.01. The molecule has 4 heteroatoms. The van der Waals surface area contributed by atoms with E-state index >= 15 is 0 Å². The predicted octanol–water partition coefficient (Wildman–Crippen LogP) is 1.35. The highest BCUT2D eigenvalue weighted by Gasteiger charge is 2.04. The molecule has 2 aromatic heterocycles. The average molecular weight is 190 g/mol. The van der Waals surface area contributed by atoms with Crippen molar-refractivity contribution in [3.63, 3.8) is 0 Å². The van der Waals surface area contributed by atoms with Crippen molar-refractivity contribution in [2.24, 2.45) is 0 Å². The third kappa shape index (κ3) is 1.59. The molecule has 0 aliphatic heterocycles. The van der Waals surface area contributed by atoms with Crippen LogP contribution in [-0.4, -0.2) is 20.5 Å². The summed E-state index contributed by atoms with van der Waals surface area (Å²) in [5.41, 5.74) is 0.993. The molecule has 1 N–H and O–H groups in total. The normalized spacial score (nSPS) is 10.6. The number of carboxylic acids is 1. The Hall–Kier alpha value is -1.84. The van der Waals surface area contributed by atoms with E-state index < -0.39 is 5.97 Å². The molecule has 0 saturated heterocycles. The summed E-state index contributed by atoms with van der Waals surface area (Å²) in [4.78, 5) is 14.6. The predicted molar refractivity (Wildman–Crippen MR) is 51.1 cm³/mol. The third-order valence-corrected chi connectivity index (χ3v) is 2.08. The van der Waals surface area contributed by atoms with Crippen molar-refractivity contribution in [3.05, 3.63) is 36.4 Å². The Morgan fingerprint density at radius 1 is 1.50 bits per heavy atom. The molecule has 0 unspecified atom stereocenters. The highest BCUT2D eigenvalue weighted by Crippen LogP contribution is 2.07. The van der Waals surface area contributed by atoms with Gasteiger partial charge in [0.25, 0.3) is 0 Å². The van der Waals surface area contributed by atoms with Crippen LogP contribution in [0.5, 0.6) is 0 Å². The molecule has 2 heterocycles. The van der Waals surface area contributed by atoms with Crippen molar-refractivity contribution in [2.75, 3.05) is 0 Å². The van der Waals surface area contributed by atoms with Crippen LogP contribution in [0, 0.1) is 0 Å². The molecule has 0 aliphatic rings. The van der Waals surface area contributed by atoms with E-state index in [0.717, 1.165) is 11.3 Å². The molecular weight excluding hydrogens is 180 g/mol. The number of aryl methyl sites for hydroxylation is 1. The third-order valence-electron chi connectivity index (χ3n) is 2.08. The topological polar surface area (TPSA) is 54.6 Å². The monoisotopic (exact) mass is 190 g/mol. The first-order chi connectivity index (χ1) is 6.77. The van der Waals surface area contributed by atoms with Crippen molar-refractivity contribution in [2.45, 2.75) is 12.8 Å². The Kier molecular flexibility index (Phi) is 2.18. The summed E-state index contributed by atoms with van der Waals surface area (Å²) in [6, 6.07) is 5.77. The van der Waals surface area contributed by atoms with Crippen LogP contribution < -0.4 is 0 Å². The van der Waals surface area contributed by atoms with Gasteiger partial charge in [0.15, 0.2) is 0 Å². The van der Waals surface area contributed by atoms with Crippen molar-refractivity contribution in [3.8, 4) is 0 Å². The molecule has 0 aromatic carbocycles. The fraction of sp³-hybridized carbons (Fsp3) is 0.200. The zero-order valence-electron chi connectivity index (χ0n) is 7.55. The first-order valence-corrected chi connectivity index (χ1v) is 4.40. The van der Waals surface area contributed by atoms with Crippen LogP contribution in [0.25, 0.3) is 5.52 Å². The Bertz CT molecular complexity index is 462. The van der Waals surface area contributed by atoms with Crippen LogP contribution in [-0.2, 0) is 11.2 Å². The molecule has 0 radical (unpaired) electrons. The van der Waals surface area contributed by atoms with Gasteiger partial charge in [0, 0.05) is 12.6 Å². The molecule has 0 spiro atoms. The van der Waals surface area contributed by atoms with Gasteiger partial charge in [-0.3, -0.25) is 4.79 Å². The summed E-state index contributed by atoms with van der Waals surface area (Å²) in [7, 11) is 0. The largest absolute Gasteiger partial charge is 0.481 e. The Balaban J connectivity index is 2.29. The number of aromatic nitrogens is 2. The van der Waals surface area contributed by atoms with Gasteiger partial charge < -0.3 is 9.51 Å². The Morgan fingerprint density at radius 2 is 2.36 bits per heavy atom. The summed E-state index contributed by atoms with van der Waals surface area (Å²) in [6.45, 7) is 0. The molecule has 4 nitrogen and oxygen atoms in total. The average Bonchev–Trinajstić information content (AvgIpc) is 2.58. The molecule has 0 bridgehead atoms. The lowest BCUT2D eigenvalue weighted by molar-refractivity contribution is -0.137. The maximum Gasteiger partial charge on any atom is 0.303 e. The van der Waals surface area contributed by atoms with Crippen LogP contribution in [0.15, 0.2) is 30.6 Å². The standard InChI is InChI=1S/C10H10N2O2/c13-10(14)5-4-9-11-7-8-3-1-2-6-12(8)9/h1-3,6-7H,4-5H2,(H,13,14). The number of hydrogen-bond donors (Lipinski definition) is 1. The zero-order valence-corrected chi connectivity index (χ0v) is 7.55. The molecule has 0 aliphatic carbocycles. The number of carbonyl (C=O) groups is 1. The van der Waals surface area contributed by atoms with E-state index in [4.69, 9.17) is 5.11 Å². The van der Waals surface area contributed by atoms with E-state index in [9.17, 15) is 4.79 Å². The van der Waals surface area contributed by atoms with Crippen LogP contribution in [0.2, 0.25) is 0 Å². The van der Waals surface area contributed by atoms with Gasteiger partial charge in [0.2, 0.25) is 0 Å². The van der Waals surface area contributed by atoms with Crippen LogP contribution in [0.4, 0.5) is 0 Å². The first kappa shape index (κ1) is 8.74. The molecular formula is C10H10N2O2. The maximum atomic E-state index is 10.4. The van der Waals surface area contributed by atoms with E-state index in [1.807, 2.05) is 28.8 Å². The quantitative estimate of drug-likeness (QED) is 0.794. The number of pyridine rings is 1. The van der Waals surface area contributed by atoms with Gasteiger partial charge in [-0.2, -0.15) is 0 Å². The van der Waals surface area contributed by atoms with Gasteiger partial charge in [-0.25, -0.2) is 4.98 Å². The van der Waals surface area contributed by atoms with Crippen LogP contribution >= 0.6 is 0 Å². The SMILES string of the molecule is O=C(O)CCc1ncc2ccccn12. The molecule has 0 fully saturated rings. The summed E-state index contributed by atoms with van der Waals surface area (Å²) in [5.74, 6) is 0.000631. The van der Waals surface area contributed by atoms with Crippen molar-refractivity contribution >= 4 is 11.5 Å². The minimum atomic E-state index is -0.794. The lowest BCUT2D eigenvalue weighted by Gasteiger charge is -1.97. The summed E-state index contributed by atoms with van der Waals surface area (Å²) in [5, 5.41) is 8.55. The van der Waals surface area contributed by atoms with Gasteiger partial charge in [-0.15, -0.1) is 0 Å². The lowest BCUT2D eigenvalue weighted by atomic mass is 10.3. The van der Waals surface area contributed by atoms with E-state index in [1.165, 1.54) is 0 Å². The van der Waals surface area contributed by atoms with Gasteiger partial charge in [-0.1, -0.05) is 6.07 Å². The number of aliphatic carboxylic acids is 1. The number of nitrogens with zero attached hydrogens (tertiary/aromatic N) is 2. The minimum absolute atomic E-state index is 0.119. The van der Waals surface area contributed by atoms with Crippen molar-refractivity contribution in [1.82, 2.24) is 9.38 Å². The maximum absolute atomic E-state index is 10.4.